The van der Waals surface area contributed by atoms with Gasteiger partial charge in [0.2, 0.25) is 5.89 Å². The van der Waals surface area contributed by atoms with Crippen LogP contribution in [0.3, 0.4) is 0 Å². The van der Waals surface area contributed by atoms with Gasteiger partial charge in [0.05, 0.1) is 5.25 Å². The summed E-state index contributed by atoms with van der Waals surface area (Å²) in [4.78, 5) is 4.23. The van der Waals surface area contributed by atoms with Crippen molar-refractivity contribution < 1.29 is 12.9 Å². The van der Waals surface area contributed by atoms with Crippen LogP contribution in [0.4, 0.5) is 0 Å². The summed E-state index contributed by atoms with van der Waals surface area (Å²) in [6.07, 6.45) is 5.22. The molecule has 0 fully saturated rings. The lowest BCUT2D eigenvalue weighted by Crippen LogP contribution is -2.21. The van der Waals surface area contributed by atoms with Crippen molar-refractivity contribution in [2.45, 2.75) is 56.5 Å². The number of rotatable bonds is 6. The second-order valence-corrected chi connectivity index (χ2v) is 8.28. The first kappa shape index (κ1) is 16.2. The number of hydrogen-bond donors (Lipinski definition) is 0. The third-order valence-electron chi connectivity index (χ3n) is 4.33. The molecule has 1 aromatic heterocycles. The molecule has 6 heteroatoms. The molecule has 0 radical (unpaired) electrons. The molecule has 1 aliphatic carbocycles. The van der Waals surface area contributed by atoms with Gasteiger partial charge in [0.15, 0.2) is 15.7 Å². The van der Waals surface area contributed by atoms with Gasteiger partial charge in [0.1, 0.15) is 5.75 Å². The van der Waals surface area contributed by atoms with E-state index in [-0.39, 0.29) is 11.6 Å². The number of hydrogen-bond acceptors (Lipinski definition) is 5. The Balaban J connectivity index is 1.79. The number of unbranched alkanes of at least 4 members (excludes halogenated alkanes) is 1. The zero-order valence-corrected chi connectivity index (χ0v) is 14.2. The minimum atomic E-state index is -3.34. The fourth-order valence-electron chi connectivity index (χ4n) is 3.14. The Bertz CT molecular complexity index is 768. The fourth-order valence-corrected chi connectivity index (χ4v) is 4.96. The number of benzene rings is 1. The Morgan fingerprint density at radius 1 is 1.30 bits per heavy atom. The Labute approximate surface area is 137 Å². The van der Waals surface area contributed by atoms with E-state index >= 15 is 0 Å². The lowest BCUT2D eigenvalue weighted by Gasteiger charge is -2.24. The predicted octanol–water partition coefficient (Wildman–Crippen LogP) is 3.40. The first-order valence-electron chi connectivity index (χ1n) is 8.21. The second kappa shape index (κ2) is 6.83. The summed E-state index contributed by atoms with van der Waals surface area (Å²) < 4.78 is 30.8. The van der Waals surface area contributed by atoms with E-state index in [4.69, 9.17) is 4.52 Å². The van der Waals surface area contributed by atoms with Crippen molar-refractivity contribution in [1.82, 2.24) is 10.1 Å². The fraction of sp³-hybridized carbons (Fsp3) is 0.529. The van der Waals surface area contributed by atoms with Crippen LogP contribution in [-0.2, 0) is 28.4 Å². The molecule has 0 spiro atoms. The summed E-state index contributed by atoms with van der Waals surface area (Å²) in [6, 6.07) is 7.82. The first-order valence-corrected chi connectivity index (χ1v) is 9.92. The monoisotopic (exact) mass is 334 g/mol. The normalized spacial score (nSPS) is 17.9. The molecule has 1 atom stereocenters. The summed E-state index contributed by atoms with van der Waals surface area (Å²) in [6.45, 7) is 2.09. The van der Waals surface area contributed by atoms with Crippen LogP contribution in [0.1, 0.15) is 60.7 Å². The smallest absolute Gasteiger partial charge is 0.226 e. The third-order valence-corrected chi connectivity index (χ3v) is 6.35. The van der Waals surface area contributed by atoms with Gasteiger partial charge in [-0.3, -0.25) is 0 Å². The van der Waals surface area contributed by atoms with Crippen LogP contribution in [-0.4, -0.2) is 18.6 Å². The second-order valence-electron chi connectivity index (χ2n) is 6.09. The molecular formula is C17H22N2O3S. The number of fused-ring (bicyclic) bond motifs is 1. The van der Waals surface area contributed by atoms with Crippen molar-refractivity contribution in [3.63, 3.8) is 0 Å². The third kappa shape index (κ3) is 3.63. The van der Waals surface area contributed by atoms with Gasteiger partial charge in [-0.15, -0.1) is 0 Å². The van der Waals surface area contributed by atoms with Crippen molar-refractivity contribution in [3.05, 3.63) is 47.1 Å². The highest BCUT2D eigenvalue weighted by Crippen LogP contribution is 2.36. The molecule has 1 heterocycles. The quantitative estimate of drug-likeness (QED) is 0.809. The van der Waals surface area contributed by atoms with Crippen molar-refractivity contribution in [3.8, 4) is 0 Å². The van der Waals surface area contributed by atoms with Crippen molar-refractivity contribution in [1.29, 1.82) is 0 Å². The molecule has 5 nitrogen and oxygen atoms in total. The lowest BCUT2D eigenvalue weighted by atomic mass is 9.91. The number of sulfone groups is 1. The van der Waals surface area contributed by atoms with Crippen LogP contribution in [0.15, 0.2) is 28.8 Å². The maximum Gasteiger partial charge on any atom is 0.226 e. The molecule has 2 aromatic rings. The summed E-state index contributed by atoms with van der Waals surface area (Å²) in [5, 5.41) is 3.39. The van der Waals surface area contributed by atoms with Crippen molar-refractivity contribution >= 4 is 9.84 Å². The van der Waals surface area contributed by atoms with E-state index in [1.807, 2.05) is 24.3 Å². The van der Waals surface area contributed by atoms with Gasteiger partial charge in [-0.05, 0) is 36.8 Å². The maximum atomic E-state index is 12.8. The highest BCUT2D eigenvalue weighted by atomic mass is 32.2. The average Bonchev–Trinajstić information content (AvgIpc) is 2.99. The first-order chi connectivity index (χ1) is 11.1. The Morgan fingerprint density at radius 2 is 2.13 bits per heavy atom. The van der Waals surface area contributed by atoms with Crippen LogP contribution in [0.2, 0.25) is 0 Å². The number of nitrogens with zero attached hydrogens (tertiary/aromatic N) is 2. The van der Waals surface area contributed by atoms with Gasteiger partial charge >= 0.3 is 0 Å². The molecule has 0 N–H and O–H groups in total. The number of aryl methyl sites for hydroxylation is 2. The predicted molar refractivity (Wildman–Crippen MR) is 87.7 cm³/mol. The van der Waals surface area contributed by atoms with E-state index in [2.05, 4.69) is 17.1 Å². The molecular weight excluding hydrogens is 312 g/mol. The van der Waals surface area contributed by atoms with Crippen molar-refractivity contribution in [2.75, 3.05) is 0 Å². The van der Waals surface area contributed by atoms with Gasteiger partial charge in [-0.2, -0.15) is 4.98 Å². The topological polar surface area (TPSA) is 73.1 Å². The van der Waals surface area contributed by atoms with Crippen LogP contribution < -0.4 is 0 Å². The van der Waals surface area contributed by atoms with Crippen LogP contribution in [0.5, 0.6) is 0 Å². The van der Waals surface area contributed by atoms with E-state index in [1.54, 1.807) is 0 Å². The molecule has 23 heavy (non-hydrogen) atoms. The molecule has 0 amide bonds. The molecule has 0 bridgehead atoms. The molecule has 1 aromatic carbocycles. The van der Waals surface area contributed by atoms with E-state index in [1.165, 1.54) is 0 Å². The number of aromatic nitrogens is 2. The van der Waals surface area contributed by atoms with Gasteiger partial charge in [0, 0.05) is 6.42 Å². The highest BCUT2D eigenvalue weighted by Gasteiger charge is 2.32. The SMILES string of the molecule is CCCCc1nc(CS(=O)(=O)[C@@H]2CCCc3ccccc32)no1. The molecule has 3 rings (SSSR count). The average molecular weight is 334 g/mol. The van der Waals surface area contributed by atoms with E-state index in [0.29, 0.717) is 18.7 Å². The zero-order chi connectivity index (χ0) is 16.3. The van der Waals surface area contributed by atoms with E-state index in [0.717, 1.165) is 36.8 Å². The minimum Gasteiger partial charge on any atom is -0.339 e. The van der Waals surface area contributed by atoms with Crippen molar-refractivity contribution in [2.24, 2.45) is 0 Å². The summed E-state index contributed by atoms with van der Waals surface area (Å²) >= 11 is 0. The van der Waals surface area contributed by atoms with E-state index < -0.39 is 15.1 Å². The minimum absolute atomic E-state index is 0.151. The standard InChI is InChI=1S/C17H22N2O3S/c1-2-3-11-17-18-16(19-22-17)12-23(20,21)15-10-6-8-13-7-4-5-9-14(13)15/h4-5,7,9,15H,2-3,6,8,10-12H2,1H3/t15-/m1/s1. The van der Waals surface area contributed by atoms with Gasteiger partial charge in [-0.25, -0.2) is 8.42 Å². The summed E-state index contributed by atoms with van der Waals surface area (Å²) in [5.74, 6) is 0.655. The van der Waals surface area contributed by atoms with Crippen LogP contribution in [0, 0.1) is 0 Å². The molecule has 124 valence electrons. The Kier molecular flexibility index (Phi) is 4.80. The summed E-state index contributed by atoms with van der Waals surface area (Å²) in [7, 11) is -3.34. The lowest BCUT2D eigenvalue weighted by molar-refractivity contribution is 0.371. The highest BCUT2D eigenvalue weighted by molar-refractivity contribution is 7.90. The zero-order valence-electron chi connectivity index (χ0n) is 13.4. The molecule has 0 unspecified atom stereocenters. The van der Waals surface area contributed by atoms with Gasteiger partial charge in [-0.1, -0.05) is 42.8 Å². The molecule has 0 saturated heterocycles. The largest absolute Gasteiger partial charge is 0.339 e. The Hall–Kier alpha value is -1.69. The Morgan fingerprint density at radius 3 is 2.96 bits per heavy atom. The van der Waals surface area contributed by atoms with Crippen LogP contribution >= 0.6 is 0 Å². The summed E-state index contributed by atoms with van der Waals surface area (Å²) in [5.41, 5.74) is 2.08. The maximum absolute atomic E-state index is 12.8. The van der Waals surface area contributed by atoms with Gasteiger partial charge < -0.3 is 4.52 Å². The van der Waals surface area contributed by atoms with E-state index in [9.17, 15) is 8.42 Å². The molecule has 1 aliphatic rings. The molecule has 0 aliphatic heterocycles. The van der Waals surface area contributed by atoms with Crippen LogP contribution in [0.25, 0.3) is 0 Å². The molecule has 0 saturated carbocycles. The van der Waals surface area contributed by atoms with Gasteiger partial charge in [0.25, 0.3) is 0 Å².